The summed E-state index contributed by atoms with van der Waals surface area (Å²) in [7, 11) is 0. The minimum Gasteiger partial charge on any atom is -0.0625 e. The molecule has 0 spiro atoms. The molecular weight excluding hydrogens is 120 g/mol. The van der Waals surface area contributed by atoms with E-state index in [0.29, 0.717) is 0 Å². The zero-order chi connectivity index (χ0) is 6.97. The molecule has 0 saturated heterocycles. The first-order chi connectivity index (χ1) is 4.86. The molecule has 58 valence electrons. The Kier molecular flexibility index (Phi) is 1.71. The second kappa shape index (κ2) is 2.56. The van der Waals surface area contributed by atoms with Gasteiger partial charge in [-0.25, -0.2) is 0 Å². The van der Waals surface area contributed by atoms with Crippen LogP contribution in [0.5, 0.6) is 0 Å². The lowest BCUT2D eigenvalue weighted by molar-refractivity contribution is 0.265. The molecule has 0 atom stereocenters. The van der Waals surface area contributed by atoms with E-state index in [0.717, 1.165) is 11.8 Å². The van der Waals surface area contributed by atoms with E-state index in [9.17, 15) is 0 Å². The lowest BCUT2D eigenvalue weighted by Crippen LogP contribution is -2.13. The fourth-order valence-electron chi connectivity index (χ4n) is 2.32. The van der Waals surface area contributed by atoms with Crippen molar-refractivity contribution in [2.45, 2.75) is 45.4 Å². The van der Waals surface area contributed by atoms with Crippen LogP contribution in [-0.2, 0) is 0 Å². The Morgan fingerprint density at radius 2 is 1.10 bits per heavy atom. The molecule has 0 heteroatoms. The van der Waals surface area contributed by atoms with E-state index in [1.165, 1.54) is 18.8 Å². The van der Waals surface area contributed by atoms with Gasteiger partial charge in [0, 0.05) is 0 Å². The third kappa shape index (κ3) is 1.36. The predicted molar refractivity (Wildman–Crippen MR) is 43.8 cm³/mol. The fraction of sp³-hybridized carbons (Fsp3) is 1.00. The highest BCUT2D eigenvalue weighted by atomic mass is 14.4. The van der Waals surface area contributed by atoms with Gasteiger partial charge in [-0.15, -0.1) is 0 Å². The average molecular weight is 138 g/mol. The number of rotatable bonds is 1. The quantitative estimate of drug-likeness (QED) is 0.522. The zero-order valence-corrected chi connectivity index (χ0v) is 6.97. The Hall–Kier alpha value is 0. The molecule has 0 N–H and O–H groups in total. The van der Waals surface area contributed by atoms with Crippen LogP contribution < -0.4 is 0 Å². The summed E-state index contributed by atoms with van der Waals surface area (Å²) in [5, 5.41) is 0. The highest BCUT2D eigenvalue weighted by Crippen LogP contribution is 2.44. The van der Waals surface area contributed by atoms with Crippen LogP contribution in [0.3, 0.4) is 0 Å². The van der Waals surface area contributed by atoms with Crippen LogP contribution in [0.15, 0.2) is 0 Å². The molecular formula is C10H18. The molecule has 0 radical (unpaired) electrons. The summed E-state index contributed by atoms with van der Waals surface area (Å²) in [5.41, 5.74) is 0. The van der Waals surface area contributed by atoms with Gasteiger partial charge in [0.2, 0.25) is 0 Å². The molecule has 2 fully saturated rings. The minimum absolute atomic E-state index is 1.04. The van der Waals surface area contributed by atoms with Gasteiger partial charge in [0.25, 0.3) is 0 Å². The van der Waals surface area contributed by atoms with Crippen LogP contribution in [-0.4, -0.2) is 0 Å². The average Bonchev–Trinajstić information content (AvgIpc) is 2.71. The van der Waals surface area contributed by atoms with E-state index >= 15 is 0 Å². The normalized spacial score (nSPS) is 41.7. The molecule has 0 aromatic rings. The highest BCUT2D eigenvalue weighted by molar-refractivity contribution is 4.84. The van der Waals surface area contributed by atoms with Gasteiger partial charge in [-0.3, -0.25) is 0 Å². The molecule has 2 saturated carbocycles. The molecule has 0 nitrogen and oxygen atoms in total. The maximum atomic E-state index is 2.41. The number of hydrogen-bond acceptors (Lipinski definition) is 0. The van der Waals surface area contributed by atoms with Crippen molar-refractivity contribution in [3.05, 3.63) is 0 Å². The maximum Gasteiger partial charge on any atom is -0.0386 e. The van der Waals surface area contributed by atoms with Crippen molar-refractivity contribution in [3.8, 4) is 0 Å². The molecule has 2 aliphatic rings. The standard InChI is InChI=1S/C10H18/c1-8-2-4-9(5-3-8)10-6-7-10/h8-10H,2-7H2,1H3. The summed E-state index contributed by atoms with van der Waals surface area (Å²) in [6.45, 7) is 2.41. The van der Waals surface area contributed by atoms with Gasteiger partial charge in [0.05, 0.1) is 0 Å². The topological polar surface area (TPSA) is 0 Å². The number of hydrogen-bond donors (Lipinski definition) is 0. The Bertz CT molecular complexity index is 105. The Labute approximate surface area is 64.0 Å². The monoisotopic (exact) mass is 138 g/mol. The fourth-order valence-corrected chi connectivity index (χ4v) is 2.32. The molecule has 2 rings (SSSR count). The van der Waals surface area contributed by atoms with Crippen molar-refractivity contribution in [1.29, 1.82) is 0 Å². The summed E-state index contributed by atoms with van der Waals surface area (Å²) >= 11 is 0. The largest absolute Gasteiger partial charge is 0.0625 e. The summed E-state index contributed by atoms with van der Waals surface area (Å²) < 4.78 is 0. The van der Waals surface area contributed by atoms with Gasteiger partial charge in [-0.2, -0.15) is 0 Å². The third-order valence-electron chi connectivity index (χ3n) is 3.35. The van der Waals surface area contributed by atoms with Crippen LogP contribution in [0.25, 0.3) is 0 Å². The van der Waals surface area contributed by atoms with Crippen molar-refractivity contribution in [1.82, 2.24) is 0 Å². The lowest BCUT2D eigenvalue weighted by atomic mass is 9.81. The predicted octanol–water partition coefficient (Wildman–Crippen LogP) is 3.22. The second-order valence-electron chi connectivity index (χ2n) is 4.36. The van der Waals surface area contributed by atoms with Crippen LogP contribution in [0, 0.1) is 17.8 Å². The van der Waals surface area contributed by atoms with E-state index in [1.54, 1.807) is 25.7 Å². The third-order valence-corrected chi connectivity index (χ3v) is 3.35. The van der Waals surface area contributed by atoms with Crippen molar-refractivity contribution >= 4 is 0 Å². The molecule has 2 aliphatic carbocycles. The van der Waals surface area contributed by atoms with Gasteiger partial charge >= 0.3 is 0 Å². The molecule has 0 aromatic heterocycles. The molecule has 0 bridgehead atoms. The lowest BCUT2D eigenvalue weighted by Gasteiger charge is -2.25. The molecule has 0 aromatic carbocycles. The van der Waals surface area contributed by atoms with E-state index < -0.39 is 0 Å². The zero-order valence-electron chi connectivity index (χ0n) is 6.97. The summed E-state index contributed by atoms with van der Waals surface area (Å²) in [6, 6.07) is 0. The van der Waals surface area contributed by atoms with Crippen molar-refractivity contribution in [3.63, 3.8) is 0 Å². The second-order valence-corrected chi connectivity index (χ2v) is 4.36. The van der Waals surface area contributed by atoms with Gasteiger partial charge in [0.15, 0.2) is 0 Å². The first-order valence-electron chi connectivity index (χ1n) is 4.86. The first-order valence-corrected chi connectivity index (χ1v) is 4.86. The molecule has 0 amide bonds. The van der Waals surface area contributed by atoms with Crippen LogP contribution in [0.2, 0.25) is 0 Å². The summed E-state index contributed by atoms with van der Waals surface area (Å²) in [4.78, 5) is 0. The molecule has 0 heterocycles. The van der Waals surface area contributed by atoms with Crippen molar-refractivity contribution < 1.29 is 0 Å². The smallest absolute Gasteiger partial charge is 0.0386 e. The summed E-state index contributed by atoms with van der Waals surface area (Å²) in [5.74, 6) is 3.36. The Morgan fingerprint density at radius 3 is 1.50 bits per heavy atom. The molecule has 10 heavy (non-hydrogen) atoms. The highest BCUT2D eigenvalue weighted by Gasteiger charge is 2.32. The van der Waals surface area contributed by atoms with Crippen LogP contribution >= 0.6 is 0 Å². The summed E-state index contributed by atoms with van der Waals surface area (Å²) in [6.07, 6.45) is 9.23. The van der Waals surface area contributed by atoms with Gasteiger partial charge in [-0.05, 0) is 43.4 Å². The van der Waals surface area contributed by atoms with Gasteiger partial charge in [0.1, 0.15) is 0 Å². The van der Waals surface area contributed by atoms with Crippen LogP contribution in [0.1, 0.15) is 45.4 Å². The Balaban J connectivity index is 1.79. The molecule has 0 unspecified atom stereocenters. The SMILES string of the molecule is CC1CCC(C2CC2)CC1. The Morgan fingerprint density at radius 1 is 0.700 bits per heavy atom. The maximum absolute atomic E-state index is 2.41. The van der Waals surface area contributed by atoms with Crippen molar-refractivity contribution in [2.24, 2.45) is 17.8 Å². The van der Waals surface area contributed by atoms with E-state index in [-0.39, 0.29) is 0 Å². The molecule has 0 aliphatic heterocycles. The van der Waals surface area contributed by atoms with Crippen LogP contribution in [0.4, 0.5) is 0 Å². The van der Waals surface area contributed by atoms with E-state index in [4.69, 9.17) is 0 Å². The van der Waals surface area contributed by atoms with E-state index in [2.05, 4.69) is 6.92 Å². The van der Waals surface area contributed by atoms with E-state index in [1.807, 2.05) is 0 Å². The van der Waals surface area contributed by atoms with Gasteiger partial charge < -0.3 is 0 Å². The van der Waals surface area contributed by atoms with Gasteiger partial charge in [-0.1, -0.05) is 19.8 Å². The minimum atomic E-state index is 1.04. The first kappa shape index (κ1) is 6.69. The van der Waals surface area contributed by atoms with Crippen molar-refractivity contribution in [2.75, 3.05) is 0 Å².